The summed E-state index contributed by atoms with van der Waals surface area (Å²) >= 11 is 0. The lowest BCUT2D eigenvalue weighted by Gasteiger charge is -1.99. The molecule has 0 aliphatic heterocycles. The molecule has 0 saturated carbocycles. The third kappa shape index (κ3) is 2.09. The van der Waals surface area contributed by atoms with Crippen LogP contribution in [0.4, 0.5) is 19.0 Å². The van der Waals surface area contributed by atoms with Crippen LogP contribution in [0, 0.1) is 15.9 Å². The van der Waals surface area contributed by atoms with Crippen molar-refractivity contribution in [1.29, 1.82) is 0 Å². The van der Waals surface area contributed by atoms with E-state index in [1.807, 2.05) is 0 Å². The minimum Gasteiger partial charge on any atom is -0.358 e. The number of alkyl halides is 2. The predicted molar refractivity (Wildman–Crippen MR) is 41.2 cm³/mol. The van der Waals surface area contributed by atoms with Gasteiger partial charge in [-0.3, -0.25) is 4.79 Å². The zero-order chi connectivity index (χ0) is 11.6. The Morgan fingerprint density at radius 2 is 2.13 bits per heavy atom. The van der Waals surface area contributed by atoms with Gasteiger partial charge < -0.3 is 10.1 Å². The maximum Gasteiger partial charge on any atom is 0.364 e. The average molecular weight is 220 g/mol. The van der Waals surface area contributed by atoms with E-state index >= 15 is 0 Å². The minimum absolute atomic E-state index is 0.0874. The molecule has 0 atom stereocenters. The molecule has 0 unspecified atom stereocenters. The molecule has 0 saturated heterocycles. The van der Waals surface area contributed by atoms with Gasteiger partial charge in [-0.2, -0.15) is 0 Å². The zero-order valence-electron chi connectivity index (χ0n) is 6.99. The average Bonchev–Trinajstić information content (AvgIpc) is 2.17. The molecule has 5 nitrogen and oxygen atoms in total. The smallest absolute Gasteiger partial charge is 0.358 e. The van der Waals surface area contributed by atoms with E-state index in [9.17, 15) is 28.1 Å². The monoisotopic (exact) mass is 220 g/mol. The zero-order valence-corrected chi connectivity index (χ0v) is 6.99. The Morgan fingerprint density at radius 3 is 2.53 bits per heavy atom. The van der Waals surface area contributed by atoms with Crippen molar-refractivity contribution in [2.75, 3.05) is 0 Å². The summed E-state index contributed by atoms with van der Waals surface area (Å²) in [5, 5.41) is 10.2. The fourth-order valence-corrected chi connectivity index (χ4v) is 0.879. The summed E-state index contributed by atoms with van der Waals surface area (Å²) in [7, 11) is 0. The quantitative estimate of drug-likeness (QED) is 0.442. The van der Waals surface area contributed by atoms with Crippen molar-refractivity contribution in [2.24, 2.45) is 0 Å². The SMILES string of the molecule is O=Cc1cc([N+](=O)[O-])nc(C(F)F)c1F. The van der Waals surface area contributed by atoms with Crippen molar-refractivity contribution in [1.82, 2.24) is 4.98 Å². The van der Waals surface area contributed by atoms with Crippen molar-refractivity contribution in [3.8, 4) is 0 Å². The molecular formula is C7H3F3N2O3. The summed E-state index contributed by atoms with van der Waals surface area (Å²) < 4.78 is 37.3. The fourth-order valence-electron chi connectivity index (χ4n) is 0.879. The number of aldehydes is 1. The molecule has 0 aliphatic carbocycles. The van der Waals surface area contributed by atoms with Gasteiger partial charge in [0.2, 0.25) is 0 Å². The van der Waals surface area contributed by atoms with Gasteiger partial charge in [-0.15, -0.1) is 0 Å². The van der Waals surface area contributed by atoms with E-state index in [4.69, 9.17) is 0 Å². The fraction of sp³-hybridized carbons (Fsp3) is 0.143. The largest absolute Gasteiger partial charge is 0.364 e. The first-order valence-corrected chi connectivity index (χ1v) is 3.55. The highest BCUT2D eigenvalue weighted by atomic mass is 19.3. The Hall–Kier alpha value is -1.99. The number of carbonyl (C=O) groups excluding carboxylic acids is 1. The maximum atomic E-state index is 13.0. The van der Waals surface area contributed by atoms with Crippen LogP contribution >= 0.6 is 0 Å². The lowest BCUT2D eigenvalue weighted by atomic mass is 10.2. The topological polar surface area (TPSA) is 73.1 Å². The van der Waals surface area contributed by atoms with Crippen LogP contribution in [-0.4, -0.2) is 16.2 Å². The number of hydrogen-bond acceptors (Lipinski definition) is 4. The number of hydrogen-bond donors (Lipinski definition) is 0. The molecule has 1 rings (SSSR count). The van der Waals surface area contributed by atoms with E-state index in [0.29, 0.717) is 6.07 Å². The lowest BCUT2D eigenvalue weighted by Crippen LogP contribution is -2.04. The van der Waals surface area contributed by atoms with Crippen LogP contribution < -0.4 is 0 Å². The Kier molecular flexibility index (Phi) is 2.98. The molecule has 0 aromatic carbocycles. The number of nitro groups is 1. The summed E-state index contributed by atoms with van der Waals surface area (Å²) in [5.74, 6) is -2.53. The second-order valence-electron chi connectivity index (χ2n) is 2.44. The number of halogens is 3. The third-order valence-electron chi connectivity index (χ3n) is 1.52. The molecule has 0 bridgehead atoms. The van der Waals surface area contributed by atoms with Gasteiger partial charge >= 0.3 is 12.2 Å². The van der Waals surface area contributed by atoms with Crippen LogP contribution in [0.3, 0.4) is 0 Å². The van der Waals surface area contributed by atoms with Crippen molar-refractivity contribution < 1.29 is 22.9 Å². The highest BCUT2D eigenvalue weighted by molar-refractivity contribution is 5.76. The number of pyridine rings is 1. The predicted octanol–water partition coefficient (Wildman–Crippen LogP) is 1.88. The highest BCUT2D eigenvalue weighted by Gasteiger charge is 2.27. The standard InChI is InChI=1S/C7H3F3N2O3/c8-5-3(2-13)1-4(12(14)15)11-6(5)7(9)10/h1-2,7H. The molecule has 80 valence electrons. The van der Waals surface area contributed by atoms with E-state index in [1.165, 1.54) is 0 Å². The molecule has 0 spiro atoms. The Morgan fingerprint density at radius 1 is 1.53 bits per heavy atom. The van der Waals surface area contributed by atoms with Crippen LogP contribution in [-0.2, 0) is 0 Å². The summed E-state index contributed by atoms with van der Waals surface area (Å²) in [4.78, 5) is 22.2. The van der Waals surface area contributed by atoms with Crippen LogP contribution in [0.1, 0.15) is 22.5 Å². The van der Waals surface area contributed by atoms with Gasteiger partial charge in [-0.05, 0) is 9.91 Å². The van der Waals surface area contributed by atoms with Gasteiger partial charge in [0.25, 0.3) is 5.69 Å². The minimum atomic E-state index is -3.32. The molecule has 1 aromatic rings. The van der Waals surface area contributed by atoms with E-state index < -0.39 is 34.2 Å². The molecule has 0 amide bonds. The summed E-state index contributed by atoms with van der Waals surface area (Å²) in [6.07, 6.45) is -3.40. The Balaban J connectivity index is 3.45. The molecule has 1 heterocycles. The number of rotatable bonds is 3. The molecular weight excluding hydrogens is 217 g/mol. The maximum absolute atomic E-state index is 13.0. The molecule has 0 N–H and O–H groups in total. The number of carbonyl (C=O) groups is 1. The van der Waals surface area contributed by atoms with Gasteiger partial charge in [-0.1, -0.05) is 0 Å². The van der Waals surface area contributed by atoms with Crippen LogP contribution in [0.2, 0.25) is 0 Å². The van der Waals surface area contributed by atoms with Crippen molar-refractivity contribution in [3.63, 3.8) is 0 Å². The van der Waals surface area contributed by atoms with Gasteiger partial charge in [0.15, 0.2) is 12.1 Å². The van der Waals surface area contributed by atoms with Crippen LogP contribution in [0.15, 0.2) is 6.07 Å². The Labute approximate surface area is 80.7 Å². The second kappa shape index (κ2) is 4.03. The van der Waals surface area contributed by atoms with E-state index in [0.717, 1.165) is 0 Å². The second-order valence-corrected chi connectivity index (χ2v) is 2.44. The summed E-state index contributed by atoms with van der Waals surface area (Å²) in [6.45, 7) is 0. The normalized spacial score (nSPS) is 10.4. The first-order valence-electron chi connectivity index (χ1n) is 3.55. The van der Waals surface area contributed by atoms with E-state index in [1.54, 1.807) is 0 Å². The van der Waals surface area contributed by atoms with E-state index in [2.05, 4.69) is 4.98 Å². The van der Waals surface area contributed by atoms with E-state index in [-0.39, 0.29) is 6.29 Å². The molecule has 0 fully saturated rings. The van der Waals surface area contributed by atoms with Crippen LogP contribution in [0.5, 0.6) is 0 Å². The molecule has 0 radical (unpaired) electrons. The number of nitrogens with zero attached hydrogens (tertiary/aromatic N) is 2. The summed E-state index contributed by atoms with van der Waals surface area (Å²) in [6, 6.07) is 0.494. The molecule has 8 heteroatoms. The van der Waals surface area contributed by atoms with Crippen LogP contribution in [0.25, 0.3) is 0 Å². The first-order chi connectivity index (χ1) is 6.97. The van der Waals surface area contributed by atoms with Crippen molar-refractivity contribution >= 4 is 12.1 Å². The number of aromatic nitrogens is 1. The molecule has 0 aliphatic rings. The first kappa shape index (κ1) is 11.1. The van der Waals surface area contributed by atoms with Gasteiger partial charge in [-0.25, -0.2) is 13.2 Å². The molecule has 1 aromatic heterocycles. The van der Waals surface area contributed by atoms with Crippen molar-refractivity contribution in [2.45, 2.75) is 6.43 Å². The van der Waals surface area contributed by atoms with Crippen molar-refractivity contribution in [3.05, 3.63) is 33.3 Å². The summed E-state index contributed by atoms with van der Waals surface area (Å²) in [5.41, 5.74) is -2.21. The Bertz CT molecular complexity index is 422. The van der Waals surface area contributed by atoms with Gasteiger partial charge in [0, 0.05) is 6.07 Å². The third-order valence-corrected chi connectivity index (χ3v) is 1.52. The van der Waals surface area contributed by atoms with Gasteiger partial charge in [0.05, 0.1) is 5.56 Å². The van der Waals surface area contributed by atoms with Gasteiger partial charge in [0.1, 0.15) is 0 Å². The lowest BCUT2D eigenvalue weighted by molar-refractivity contribution is -0.389. The highest BCUT2D eigenvalue weighted by Crippen LogP contribution is 2.24. The molecule has 15 heavy (non-hydrogen) atoms.